The highest BCUT2D eigenvalue weighted by atomic mass is 35.5. The Bertz CT molecular complexity index is 692. The summed E-state index contributed by atoms with van der Waals surface area (Å²) in [5, 5.41) is 13.1. The van der Waals surface area contributed by atoms with Crippen molar-refractivity contribution in [1.29, 1.82) is 0 Å². The lowest BCUT2D eigenvalue weighted by Gasteiger charge is -2.19. The van der Waals surface area contributed by atoms with Crippen LogP contribution in [0.25, 0.3) is 11.0 Å². The van der Waals surface area contributed by atoms with Crippen LogP contribution in [0.15, 0.2) is 21.3 Å². The predicted octanol–water partition coefficient (Wildman–Crippen LogP) is 1.12. The number of hydrogen-bond donors (Lipinski definition) is 1. The number of rotatable bonds is 4. The van der Waals surface area contributed by atoms with E-state index in [9.17, 15) is 9.90 Å². The van der Waals surface area contributed by atoms with E-state index in [2.05, 4.69) is 0 Å². The zero-order chi connectivity index (χ0) is 14.9. The molecule has 0 atom stereocenters. The van der Waals surface area contributed by atoms with Crippen molar-refractivity contribution in [2.24, 2.45) is 0 Å². The molecule has 0 unspecified atom stereocenters. The van der Waals surface area contributed by atoms with Gasteiger partial charge in [0.15, 0.2) is 0 Å². The van der Waals surface area contributed by atoms with Crippen LogP contribution >= 0.6 is 11.6 Å². The lowest BCUT2D eigenvalue weighted by atomic mass is 10.0. The van der Waals surface area contributed by atoms with Gasteiger partial charge in [-0.05, 0) is 18.1 Å². The smallest absolute Gasteiger partial charge is 0.336 e. The third kappa shape index (κ3) is 2.81. The van der Waals surface area contributed by atoms with Gasteiger partial charge in [-0.25, -0.2) is 4.79 Å². The number of aryl methyl sites for hydroxylation is 1. The van der Waals surface area contributed by atoms with Crippen molar-refractivity contribution in [2.45, 2.75) is 26.3 Å². The number of benzene rings is 1. The molecule has 0 aliphatic rings. The van der Waals surface area contributed by atoms with E-state index in [1.807, 2.05) is 21.0 Å². The zero-order valence-corrected chi connectivity index (χ0v) is 12.6. The highest BCUT2D eigenvalue weighted by molar-refractivity contribution is 6.33. The Morgan fingerprint density at radius 1 is 1.35 bits per heavy atom. The molecule has 4 nitrogen and oxygen atoms in total. The molecule has 2 rings (SSSR count). The topological polar surface area (TPSA) is 57.7 Å². The summed E-state index contributed by atoms with van der Waals surface area (Å²) in [6.07, 6.45) is 1.66. The van der Waals surface area contributed by atoms with Crippen molar-refractivity contribution in [1.82, 2.24) is 0 Å². The van der Waals surface area contributed by atoms with Crippen molar-refractivity contribution in [3.05, 3.63) is 38.7 Å². The Morgan fingerprint density at radius 2 is 2.05 bits per heavy atom. The van der Waals surface area contributed by atoms with Crippen LogP contribution in [0.4, 0.5) is 0 Å². The summed E-state index contributed by atoms with van der Waals surface area (Å²) in [4.78, 5) is 12.8. The average Bonchev–Trinajstić information content (AvgIpc) is 2.36. The molecule has 1 heterocycles. The van der Waals surface area contributed by atoms with E-state index in [-0.39, 0.29) is 10.8 Å². The van der Waals surface area contributed by atoms with Crippen LogP contribution < -0.4 is 15.6 Å². The van der Waals surface area contributed by atoms with Gasteiger partial charge >= 0.3 is 5.63 Å². The number of fused-ring (bicyclic) bond motifs is 1. The van der Waals surface area contributed by atoms with Gasteiger partial charge in [0.2, 0.25) is 0 Å². The molecule has 1 aromatic carbocycles. The summed E-state index contributed by atoms with van der Waals surface area (Å²) in [6, 6.07) is 3.10. The van der Waals surface area contributed by atoms with Crippen LogP contribution in [0.2, 0.25) is 5.02 Å². The number of quaternary nitrogens is 1. The molecule has 0 spiro atoms. The van der Waals surface area contributed by atoms with Crippen molar-refractivity contribution in [2.75, 3.05) is 14.1 Å². The van der Waals surface area contributed by atoms with Crippen LogP contribution in [0.3, 0.4) is 0 Å². The largest absolute Gasteiger partial charge is 0.871 e. The first-order chi connectivity index (χ1) is 9.43. The van der Waals surface area contributed by atoms with E-state index in [1.54, 1.807) is 6.07 Å². The van der Waals surface area contributed by atoms with Crippen molar-refractivity contribution in [3.63, 3.8) is 0 Å². The van der Waals surface area contributed by atoms with E-state index >= 15 is 0 Å². The van der Waals surface area contributed by atoms with Crippen molar-refractivity contribution < 1.29 is 14.4 Å². The number of hydrogen-bond acceptors (Lipinski definition) is 3. The van der Waals surface area contributed by atoms with Crippen LogP contribution in [-0.4, -0.2) is 14.1 Å². The zero-order valence-electron chi connectivity index (χ0n) is 11.9. The van der Waals surface area contributed by atoms with Gasteiger partial charge in [0.1, 0.15) is 12.1 Å². The molecule has 108 valence electrons. The quantitative estimate of drug-likeness (QED) is 0.860. The maximum atomic E-state index is 12.2. The molecule has 0 aliphatic carbocycles. The minimum Gasteiger partial charge on any atom is -0.871 e. The fourth-order valence-electron chi connectivity index (χ4n) is 2.36. The number of halogens is 1. The van der Waals surface area contributed by atoms with Gasteiger partial charge in [-0.1, -0.05) is 30.7 Å². The predicted molar refractivity (Wildman–Crippen MR) is 77.4 cm³/mol. The summed E-state index contributed by atoms with van der Waals surface area (Å²) >= 11 is 6.05. The van der Waals surface area contributed by atoms with E-state index < -0.39 is 5.63 Å². The molecule has 1 N–H and O–H groups in total. The van der Waals surface area contributed by atoms with Gasteiger partial charge < -0.3 is 14.4 Å². The number of nitrogens with one attached hydrogen (secondary N) is 1. The maximum Gasteiger partial charge on any atom is 0.336 e. The first-order valence-electron chi connectivity index (χ1n) is 6.68. The molecule has 5 heteroatoms. The Morgan fingerprint density at radius 3 is 2.65 bits per heavy atom. The highest BCUT2D eigenvalue weighted by Crippen LogP contribution is 2.33. The average molecular weight is 296 g/mol. The Hall–Kier alpha value is -1.52. The first-order valence-corrected chi connectivity index (χ1v) is 7.06. The molecule has 0 fully saturated rings. The molecule has 20 heavy (non-hydrogen) atoms. The molecule has 0 bridgehead atoms. The van der Waals surface area contributed by atoms with Gasteiger partial charge in [-0.3, -0.25) is 0 Å². The molecule has 0 aliphatic heterocycles. The third-order valence-electron chi connectivity index (χ3n) is 3.17. The van der Waals surface area contributed by atoms with Gasteiger partial charge in [-0.15, -0.1) is 0 Å². The Labute approximate surface area is 122 Å². The fourth-order valence-corrected chi connectivity index (χ4v) is 2.59. The van der Waals surface area contributed by atoms with Crippen LogP contribution in [0.5, 0.6) is 5.75 Å². The fraction of sp³-hybridized carbons (Fsp3) is 0.400. The van der Waals surface area contributed by atoms with Crippen LogP contribution in [-0.2, 0) is 13.0 Å². The summed E-state index contributed by atoms with van der Waals surface area (Å²) in [7, 11) is 3.86. The van der Waals surface area contributed by atoms with Crippen LogP contribution in [0.1, 0.15) is 24.5 Å². The Kier molecular flexibility index (Phi) is 4.35. The molecule has 0 amide bonds. The molecule has 1 aromatic heterocycles. The second kappa shape index (κ2) is 5.85. The molecular formula is C15H18ClNO3. The van der Waals surface area contributed by atoms with Gasteiger partial charge in [-0.2, -0.15) is 0 Å². The summed E-state index contributed by atoms with van der Waals surface area (Å²) in [5.41, 5.74) is 1.33. The minimum absolute atomic E-state index is 0.181. The minimum atomic E-state index is -0.419. The first kappa shape index (κ1) is 14.9. The third-order valence-corrected chi connectivity index (χ3v) is 3.45. The van der Waals surface area contributed by atoms with Gasteiger partial charge in [0, 0.05) is 22.0 Å². The van der Waals surface area contributed by atoms with E-state index in [1.165, 1.54) is 6.07 Å². The van der Waals surface area contributed by atoms with E-state index in [4.69, 9.17) is 16.0 Å². The van der Waals surface area contributed by atoms with E-state index in [0.29, 0.717) is 17.7 Å². The SMILES string of the molecule is CCCc1cc(=O)oc2c(C[NH+](C)C)c([O-])c(Cl)cc12. The standard InChI is InChI=1S/C15H18ClNO3/c1-4-5-9-6-13(18)20-15-10(9)7-12(16)14(19)11(15)8-17(2)3/h6-7,19H,4-5,8H2,1-3H3. The molecule has 2 aromatic rings. The summed E-state index contributed by atoms with van der Waals surface area (Å²) < 4.78 is 5.29. The van der Waals surface area contributed by atoms with E-state index in [0.717, 1.165) is 28.7 Å². The monoisotopic (exact) mass is 295 g/mol. The highest BCUT2D eigenvalue weighted by Gasteiger charge is 2.14. The lowest BCUT2D eigenvalue weighted by molar-refractivity contribution is -0.872. The van der Waals surface area contributed by atoms with Gasteiger partial charge in [0.05, 0.1) is 14.1 Å². The second-order valence-electron chi connectivity index (χ2n) is 5.27. The second-order valence-corrected chi connectivity index (χ2v) is 5.67. The summed E-state index contributed by atoms with van der Waals surface area (Å²) in [5.74, 6) is -0.253. The molecular weight excluding hydrogens is 278 g/mol. The normalized spacial score (nSPS) is 11.4. The maximum absolute atomic E-state index is 12.2. The van der Waals surface area contributed by atoms with Crippen molar-refractivity contribution in [3.8, 4) is 5.75 Å². The van der Waals surface area contributed by atoms with Crippen LogP contribution in [0, 0.1) is 0 Å². The Balaban J connectivity index is 2.82. The summed E-state index contributed by atoms with van der Waals surface area (Å²) in [6.45, 7) is 2.50. The lowest BCUT2D eigenvalue weighted by Crippen LogP contribution is -3.04. The van der Waals surface area contributed by atoms with Crippen molar-refractivity contribution >= 4 is 22.6 Å². The molecule has 0 radical (unpaired) electrons. The van der Waals surface area contributed by atoms with Gasteiger partial charge in [0.25, 0.3) is 0 Å². The molecule has 0 saturated carbocycles. The molecule has 0 saturated heterocycles.